The van der Waals surface area contributed by atoms with Gasteiger partial charge in [0.25, 0.3) is 5.91 Å². The Bertz CT molecular complexity index is 810. The molecule has 0 fully saturated rings. The Labute approximate surface area is 146 Å². The summed E-state index contributed by atoms with van der Waals surface area (Å²) in [7, 11) is 0. The number of carbonyl (C=O) groups is 1. The zero-order valence-corrected chi connectivity index (χ0v) is 14.2. The Morgan fingerprint density at radius 1 is 1.17 bits per heavy atom. The molecule has 0 bridgehead atoms. The first-order valence-corrected chi connectivity index (χ1v) is 8.82. The number of rotatable bonds is 5. The molecule has 1 N–H and O–H groups in total. The first kappa shape index (κ1) is 15.9. The van der Waals surface area contributed by atoms with Crippen molar-refractivity contribution < 1.29 is 4.79 Å². The quantitative estimate of drug-likeness (QED) is 0.546. The summed E-state index contributed by atoms with van der Waals surface area (Å²) in [5.74, 6) is 0.395. The van der Waals surface area contributed by atoms with Crippen LogP contribution in [-0.2, 0) is 5.75 Å². The van der Waals surface area contributed by atoms with Crippen molar-refractivity contribution in [2.45, 2.75) is 10.1 Å². The molecule has 0 aliphatic rings. The summed E-state index contributed by atoms with van der Waals surface area (Å²) < 4.78 is 0.765. The van der Waals surface area contributed by atoms with E-state index in [1.165, 1.54) is 23.1 Å². The molecule has 0 atom stereocenters. The van der Waals surface area contributed by atoms with Crippen molar-refractivity contribution in [1.82, 2.24) is 15.2 Å². The number of thioether (sulfide) groups is 1. The Kier molecular flexibility index (Phi) is 5.22. The summed E-state index contributed by atoms with van der Waals surface area (Å²) in [5, 5.41) is 11.9. The van der Waals surface area contributed by atoms with Crippen molar-refractivity contribution in [3.05, 3.63) is 64.9 Å². The van der Waals surface area contributed by atoms with Crippen molar-refractivity contribution in [3.8, 4) is 0 Å². The van der Waals surface area contributed by atoms with Gasteiger partial charge in [0, 0.05) is 17.0 Å². The van der Waals surface area contributed by atoms with Gasteiger partial charge in [-0.1, -0.05) is 59.0 Å². The summed E-state index contributed by atoms with van der Waals surface area (Å²) in [6.07, 6.45) is 1.57. The van der Waals surface area contributed by atoms with Crippen molar-refractivity contribution in [2.24, 2.45) is 0 Å². The maximum absolute atomic E-state index is 12.0. The summed E-state index contributed by atoms with van der Waals surface area (Å²) in [6.45, 7) is 0. The lowest BCUT2D eigenvalue weighted by Crippen LogP contribution is -2.13. The molecule has 23 heavy (non-hydrogen) atoms. The highest BCUT2D eigenvalue weighted by Gasteiger charge is 2.11. The van der Waals surface area contributed by atoms with Gasteiger partial charge in [-0.15, -0.1) is 10.2 Å². The average Bonchev–Trinajstić information content (AvgIpc) is 3.02. The predicted molar refractivity (Wildman–Crippen MR) is 93.1 cm³/mol. The smallest absolute Gasteiger partial charge is 0.276 e. The number of hydrogen-bond donors (Lipinski definition) is 1. The molecule has 2 heterocycles. The van der Waals surface area contributed by atoms with Crippen molar-refractivity contribution >= 4 is 45.7 Å². The predicted octanol–water partition coefficient (Wildman–Crippen LogP) is 4.13. The molecule has 0 unspecified atom stereocenters. The van der Waals surface area contributed by atoms with E-state index in [0.717, 1.165) is 14.9 Å². The van der Waals surface area contributed by atoms with Crippen LogP contribution in [0.25, 0.3) is 0 Å². The molecule has 1 aromatic carbocycles. The second-order valence-electron chi connectivity index (χ2n) is 4.42. The summed E-state index contributed by atoms with van der Waals surface area (Å²) in [6, 6.07) is 12.8. The number of nitrogens with zero attached hydrogens (tertiary/aromatic N) is 3. The Hall–Kier alpha value is -1.96. The number of amides is 1. The van der Waals surface area contributed by atoms with E-state index in [0.29, 0.717) is 16.6 Å². The number of benzene rings is 1. The molecule has 0 spiro atoms. The van der Waals surface area contributed by atoms with Gasteiger partial charge in [-0.25, -0.2) is 0 Å². The van der Waals surface area contributed by atoms with Crippen LogP contribution in [-0.4, -0.2) is 21.1 Å². The van der Waals surface area contributed by atoms with Crippen molar-refractivity contribution in [3.63, 3.8) is 0 Å². The monoisotopic (exact) mass is 362 g/mol. The van der Waals surface area contributed by atoms with Crippen molar-refractivity contribution in [2.75, 3.05) is 5.32 Å². The molecule has 3 rings (SSSR count). The molecule has 0 aliphatic carbocycles. The topological polar surface area (TPSA) is 67.8 Å². The van der Waals surface area contributed by atoms with Crippen LogP contribution in [0.15, 0.2) is 53.0 Å². The molecular weight excluding hydrogens is 352 g/mol. The lowest BCUT2D eigenvalue weighted by Gasteiger charge is -2.01. The fourth-order valence-corrected chi connectivity index (χ4v) is 3.76. The first-order valence-electron chi connectivity index (χ1n) is 6.64. The number of anilines is 1. The number of carbonyl (C=O) groups excluding carboxylic acids is 1. The lowest BCUT2D eigenvalue weighted by molar-refractivity contribution is 0.102. The molecule has 0 aliphatic heterocycles. The minimum absolute atomic E-state index is 0.301. The van der Waals surface area contributed by atoms with Gasteiger partial charge in [-0.05, 0) is 23.8 Å². The summed E-state index contributed by atoms with van der Waals surface area (Å²) in [4.78, 5) is 16.0. The van der Waals surface area contributed by atoms with Gasteiger partial charge in [-0.3, -0.25) is 15.1 Å². The largest absolute Gasteiger partial charge is 0.295 e. The number of nitrogens with one attached hydrogen (secondary N) is 1. The first-order chi connectivity index (χ1) is 11.2. The molecule has 2 aromatic heterocycles. The van der Waals surface area contributed by atoms with Crippen LogP contribution in [0.4, 0.5) is 5.13 Å². The second-order valence-corrected chi connectivity index (χ2v) is 7.03. The van der Waals surface area contributed by atoms with E-state index in [2.05, 4.69) is 20.5 Å². The molecular formula is C15H11ClN4OS2. The zero-order valence-electron chi connectivity index (χ0n) is 11.8. The third kappa shape index (κ3) is 4.28. The highest BCUT2D eigenvalue weighted by molar-refractivity contribution is 8.00. The summed E-state index contributed by atoms with van der Waals surface area (Å²) in [5.41, 5.74) is 1.38. The maximum Gasteiger partial charge on any atom is 0.276 e. The van der Waals surface area contributed by atoms with E-state index in [-0.39, 0.29) is 5.91 Å². The molecule has 0 saturated carbocycles. The second kappa shape index (κ2) is 7.54. The van der Waals surface area contributed by atoms with Crippen LogP contribution < -0.4 is 5.32 Å². The fourth-order valence-electron chi connectivity index (χ4n) is 1.73. The highest BCUT2D eigenvalue weighted by Crippen LogP contribution is 2.30. The van der Waals surface area contributed by atoms with Crippen LogP contribution in [0.2, 0.25) is 5.02 Å². The van der Waals surface area contributed by atoms with Crippen LogP contribution in [0.3, 0.4) is 0 Å². The van der Waals surface area contributed by atoms with Gasteiger partial charge in [0.15, 0.2) is 4.34 Å². The molecule has 0 radical (unpaired) electrons. The van der Waals surface area contributed by atoms with E-state index in [4.69, 9.17) is 11.6 Å². The van der Waals surface area contributed by atoms with Gasteiger partial charge in [-0.2, -0.15) is 0 Å². The Morgan fingerprint density at radius 2 is 2.00 bits per heavy atom. The number of aromatic nitrogens is 3. The third-order valence-electron chi connectivity index (χ3n) is 2.83. The van der Waals surface area contributed by atoms with Gasteiger partial charge in [0.1, 0.15) is 5.69 Å². The fraction of sp³-hybridized carbons (Fsp3) is 0.0667. The molecule has 116 valence electrons. The molecule has 8 heteroatoms. The van der Waals surface area contributed by atoms with Gasteiger partial charge < -0.3 is 0 Å². The number of hydrogen-bond acceptors (Lipinski definition) is 6. The normalized spacial score (nSPS) is 10.5. The average molecular weight is 363 g/mol. The Morgan fingerprint density at radius 3 is 2.78 bits per heavy atom. The molecule has 5 nitrogen and oxygen atoms in total. The minimum atomic E-state index is -0.301. The SMILES string of the molecule is O=C(Nc1nnc(SCc2ccccc2Cl)s1)c1ccccn1. The van der Waals surface area contributed by atoms with Crippen LogP contribution in [0, 0.1) is 0 Å². The van der Waals surface area contributed by atoms with Crippen LogP contribution in [0.5, 0.6) is 0 Å². The van der Waals surface area contributed by atoms with Crippen molar-refractivity contribution in [1.29, 1.82) is 0 Å². The minimum Gasteiger partial charge on any atom is -0.295 e. The van der Waals surface area contributed by atoms with E-state index in [1.807, 2.05) is 24.3 Å². The van der Waals surface area contributed by atoms with Crippen LogP contribution in [0.1, 0.15) is 16.1 Å². The van der Waals surface area contributed by atoms with E-state index >= 15 is 0 Å². The number of pyridine rings is 1. The molecule has 1 amide bonds. The molecule has 3 aromatic rings. The standard InChI is InChI=1S/C15H11ClN4OS2/c16-11-6-2-1-5-10(11)9-22-15-20-19-14(23-15)18-13(21)12-7-3-4-8-17-12/h1-8H,9H2,(H,18,19,21). The highest BCUT2D eigenvalue weighted by atomic mass is 35.5. The number of halogens is 1. The van der Waals surface area contributed by atoms with E-state index in [9.17, 15) is 4.79 Å². The van der Waals surface area contributed by atoms with E-state index in [1.54, 1.807) is 24.4 Å². The van der Waals surface area contributed by atoms with E-state index < -0.39 is 0 Å². The summed E-state index contributed by atoms with van der Waals surface area (Å²) >= 11 is 8.97. The van der Waals surface area contributed by atoms with Gasteiger partial charge in [0.05, 0.1) is 0 Å². The van der Waals surface area contributed by atoms with Gasteiger partial charge in [0.2, 0.25) is 5.13 Å². The third-order valence-corrected chi connectivity index (χ3v) is 5.22. The van der Waals surface area contributed by atoms with Gasteiger partial charge >= 0.3 is 0 Å². The maximum atomic E-state index is 12.0. The Balaban J connectivity index is 1.60. The van der Waals surface area contributed by atoms with Crippen LogP contribution >= 0.6 is 34.7 Å². The molecule has 0 saturated heterocycles. The lowest BCUT2D eigenvalue weighted by atomic mass is 10.2. The zero-order chi connectivity index (χ0) is 16.1.